The van der Waals surface area contributed by atoms with Crippen LogP contribution in [0.4, 0.5) is 0 Å². The van der Waals surface area contributed by atoms with E-state index >= 15 is 0 Å². The predicted octanol–water partition coefficient (Wildman–Crippen LogP) is 5.46. The first-order chi connectivity index (χ1) is 9.22. The van der Waals surface area contributed by atoms with Gasteiger partial charge >= 0.3 is 0 Å². The Morgan fingerprint density at radius 2 is 1.74 bits per heavy atom. The Hall–Kier alpha value is -0.790. The lowest BCUT2D eigenvalue weighted by molar-refractivity contribution is 0.905. The van der Waals surface area contributed by atoms with E-state index < -0.39 is 0 Å². The molecule has 2 heteroatoms. The van der Waals surface area contributed by atoms with Crippen LogP contribution in [-0.2, 0) is 19.3 Å². The molecule has 0 spiro atoms. The summed E-state index contributed by atoms with van der Waals surface area (Å²) < 4.78 is 1.11. The van der Waals surface area contributed by atoms with Crippen LogP contribution in [0.2, 0.25) is 0 Å². The molecule has 0 N–H and O–H groups in total. The monoisotopic (exact) mass is 334 g/mol. The summed E-state index contributed by atoms with van der Waals surface area (Å²) in [6.45, 7) is 0. The van der Waals surface area contributed by atoms with Crippen molar-refractivity contribution in [1.82, 2.24) is 0 Å². The highest BCUT2D eigenvalue weighted by Crippen LogP contribution is 2.30. The van der Waals surface area contributed by atoms with E-state index in [-0.39, 0.29) is 5.38 Å². The normalized spacial score (nSPS) is 15.3. The lowest BCUT2D eigenvalue weighted by Crippen LogP contribution is -1.97. The highest BCUT2D eigenvalue weighted by molar-refractivity contribution is 9.10. The van der Waals surface area contributed by atoms with Gasteiger partial charge in [-0.15, -0.1) is 11.6 Å². The topological polar surface area (TPSA) is 0 Å². The lowest BCUT2D eigenvalue weighted by atomic mass is 10.00. The second-order valence-electron chi connectivity index (χ2n) is 5.18. The second-order valence-corrected chi connectivity index (χ2v) is 6.62. The molecule has 0 aliphatic heterocycles. The maximum atomic E-state index is 6.57. The van der Waals surface area contributed by atoms with Crippen LogP contribution in [0.1, 0.15) is 34.1 Å². The SMILES string of the molecule is ClC(Cc1ccc(Br)cc1)c1ccc2c(c1)CCC2. The van der Waals surface area contributed by atoms with Crippen molar-refractivity contribution in [2.75, 3.05) is 0 Å². The quantitative estimate of drug-likeness (QED) is 0.653. The summed E-state index contributed by atoms with van der Waals surface area (Å²) in [7, 11) is 0. The molecule has 2 aromatic rings. The number of alkyl halides is 1. The predicted molar refractivity (Wildman–Crippen MR) is 84.9 cm³/mol. The third kappa shape index (κ3) is 3.04. The fourth-order valence-electron chi connectivity index (χ4n) is 2.73. The van der Waals surface area contributed by atoms with Crippen molar-refractivity contribution in [1.29, 1.82) is 0 Å². The summed E-state index contributed by atoms with van der Waals surface area (Å²) in [5.41, 5.74) is 5.55. The van der Waals surface area contributed by atoms with Crippen LogP contribution in [0, 0.1) is 0 Å². The molecule has 0 radical (unpaired) electrons. The average Bonchev–Trinajstić information content (AvgIpc) is 2.88. The van der Waals surface area contributed by atoms with Gasteiger partial charge in [0.15, 0.2) is 0 Å². The standard InChI is InChI=1S/C17H16BrCl/c18-16-8-4-12(5-9-16)10-17(19)15-7-6-13-2-1-3-14(13)11-15/h4-9,11,17H,1-3,10H2. The molecule has 0 saturated carbocycles. The fraction of sp³-hybridized carbons (Fsp3) is 0.294. The Balaban J connectivity index is 1.76. The van der Waals surface area contributed by atoms with E-state index in [0.29, 0.717) is 0 Å². The summed E-state index contributed by atoms with van der Waals surface area (Å²) >= 11 is 10.0. The summed E-state index contributed by atoms with van der Waals surface area (Å²) in [6.07, 6.45) is 4.62. The maximum absolute atomic E-state index is 6.57. The first kappa shape index (κ1) is 13.2. The highest BCUT2D eigenvalue weighted by atomic mass is 79.9. The van der Waals surface area contributed by atoms with E-state index in [1.807, 2.05) is 0 Å². The number of rotatable bonds is 3. The van der Waals surface area contributed by atoms with Gasteiger partial charge in [0.1, 0.15) is 0 Å². The third-order valence-corrected chi connectivity index (χ3v) is 4.75. The molecule has 0 nitrogen and oxygen atoms in total. The zero-order valence-corrected chi connectivity index (χ0v) is 13.0. The van der Waals surface area contributed by atoms with E-state index in [2.05, 4.69) is 58.4 Å². The highest BCUT2D eigenvalue weighted by Gasteiger charge is 2.14. The fourth-order valence-corrected chi connectivity index (χ4v) is 3.31. The van der Waals surface area contributed by atoms with Gasteiger partial charge in [-0.2, -0.15) is 0 Å². The van der Waals surface area contributed by atoms with Crippen molar-refractivity contribution in [2.24, 2.45) is 0 Å². The first-order valence-corrected chi connectivity index (χ1v) is 7.95. The maximum Gasteiger partial charge on any atom is 0.0625 e. The van der Waals surface area contributed by atoms with Gasteiger partial charge in [-0.05, 0) is 60.1 Å². The van der Waals surface area contributed by atoms with Gasteiger partial charge in [0, 0.05) is 4.47 Å². The molecule has 3 rings (SSSR count). The van der Waals surface area contributed by atoms with Gasteiger partial charge in [-0.1, -0.05) is 46.3 Å². The van der Waals surface area contributed by atoms with Crippen molar-refractivity contribution in [2.45, 2.75) is 31.1 Å². The Morgan fingerprint density at radius 1 is 1.00 bits per heavy atom. The molecule has 1 aliphatic carbocycles. The largest absolute Gasteiger partial charge is 0.117 e. The number of aryl methyl sites for hydroxylation is 2. The van der Waals surface area contributed by atoms with Gasteiger partial charge in [0.25, 0.3) is 0 Å². The van der Waals surface area contributed by atoms with Gasteiger partial charge in [0.2, 0.25) is 0 Å². The molecule has 1 atom stereocenters. The molecule has 0 heterocycles. The molecule has 0 fully saturated rings. The van der Waals surface area contributed by atoms with Crippen LogP contribution in [-0.4, -0.2) is 0 Å². The second kappa shape index (κ2) is 5.68. The van der Waals surface area contributed by atoms with Crippen molar-refractivity contribution < 1.29 is 0 Å². The molecule has 0 amide bonds. The van der Waals surface area contributed by atoms with Gasteiger partial charge in [-0.25, -0.2) is 0 Å². The van der Waals surface area contributed by atoms with Crippen LogP contribution in [0.15, 0.2) is 46.9 Å². The number of halogens is 2. The van der Waals surface area contributed by atoms with E-state index in [1.165, 1.54) is 41.5 Å². The number of hydrogen-bond donors (Lipinski definition) is 0. The minimum atomic E-state index is 0.0621. The van der Waals surface area contributed by atoms with Crippen LogP contribution in [0.25, 0.3) is 0 Å². The first-order valence-electron chi connectivity index (χ1n) is 6.72. The Bertz CT molecular complexity index is 574. The van der Waals surface area contributed by atoms with Crippen molar-refractivity contribution in [3.63, 3.8) is 0 Å². The minimum Gasteiger partial charge on any atom is -0.117 e. The van der Waals surface area contributed by atoms with Crippen molar-refractivity contribution in [3.05, 3.63) is 69.2 Å². The molecule has 98 valence electrons. The Labute approximate surface area is 127 Å². The van der Waals surface area contributed by atoms with Crippen LogP contribution in [0.5, 0.6) is 0 Å². The molecule has 2 aromatic carbocycles. The van der Waals surface area contributed by atoms with Gasteiger partial charge < -0.3 is 0 Å². The zero-order chi connectivity index (χ0) is 13.2. The third-order valence-electron chi connectivity index (χ3n) is 3.81. The molecule has 1 aliphatic rings. The van der Waals surface area contributed by atoms with Gasteiger partial charge in [-0.3, -0.25) is 0 Å². The molecule has 0 bridgehead atoms. The minimum absolute atomic E-state index is 0.0621. The van der Waals surface area contributed by atoms with Crippen molar-refractivity contribution in [3.8, 4) is 0 Å². The van der Waals surface area contributed by atoms with E-state index in [1.54, 1.807) is 0 Å². The van der Waals surface area contributed by atoms with Crippen molar-refractivity contribution >= 4 is 27.5 Å². The van der Waals surface area contributed by atoms with Crippen LogP contribution < -0.4 is 0 Å². The van der Waals surface area contributed by atoms with E-state index in [4.69, 9.17) is 11.6 Å². The Kier molecular flexibility index (Phi) is 3.95. The summed E-state index contributed by atoms with van der Waals surface area (Å²) in [4.78, 5) is 0. The molecular formula is C17H16BrCl. The zero-order valence-electron chi connectivity index (χ0n) is 10.7. The average molecular weight is 336 g/mol. The number of benzene rings is 2. The van der Waals surface area contributed by atoms with E-state index in [0.717, 1.165) is 10.9 Å². The molecule has 1 unspecified atom stereocenters. The number of fused-ring (bicyclic) bond motifs is 1. The Morgan fingerprint density at radius 3 is 2.53 bits per heavy atom. The molecular weight excluding hydrogens is 320 g/mol. The summed E-state index contributed by atoms with van der Waals surface area (Å²) in [6, 6.07) is 15.2. The lowest BCUT2D eigenvalue weighted by Gasteiger charge is -2.12. The summed E-state index contributed by atoms with van der Waals surface area (Å²) in [5.74, 6) is 0. The molecule has 0 saturated heterocycles. The van der Waals surface area contributed by atoms with Gasteiger partial charge in [0.05, 0.1) is 5.38 Å². The van der Waals surface area contributed by atoms with E-state index in [9.17, 15) is 0 Å². The summed E-state index contributed by atoms with van der Waals surface area (Å²) in [5, 5.41) is 0.0621. The smallest absolute Gasteiger partial charge is 0.0625 e. The van der Waals surface area contributed by atoms with Crippen LogP contribution in [0.3, 0.4) is 0 Å². The molecule has 19 heavy (non-hydrogen) atoms. The number of hydrogen-bond acceptors (Lipinski definition) is 0. The van der Waals surface area contributed by atoms with Crippen LogP contribution >= 0.6 is 27.5 Å². The molecule has 0 aromatic heterocycles.